The molecule has 0 fully saturated rings. The number of carbonyl (C=O) groups excluding carboxylic acids is 1. The maximum atomic E-state index is 13.4. The molecule has 8 rings (SSSR count). The number of ether oxygens (including phenoxy) is 1. The first-order chi connectivity index (χ1) is 20.6. The summed E-state index contributed by atoms with van der Waals surface area (Å²) in [5.74, 6) is -0.242. The minimum absolute atomic E-state index is 0.202. The molecule has 0 spiro atoms. The molecule has 2 aromatic heterocycles. The Hall–Kier alpha value is -4.90. The fraction of sp³-hybridized carbons (Fsp3) is 0.189. The van der Waals surface area contributed by atoms with E-state index in [1.165, 1.54) is 12.7 Å². The first kappa shape index (κ1) is 24.9. The van der Waals surface area contributed by atoms with Gasteiger partial charge < -0.3 is 4.74 Å². The lowest BCUT2D eigenvalue weighted by molar-refractivity contribution is -0.141. The van der Waals surface area contributed by atoms with E-state index in [2.05, 4.69) is 73.7 Å². The van der Waals surface area contributed by atoms with Gasteiger partial charge in [0.25, 0.3) is 0 Å². The van der Waals surface area contributed by atoms with E-state index in [0.717, 1.165) is 67.7 Å². The number of esters is 1. The number of fused-ring (bicyclic) bond motifs is 8. The molecule has 42 heavy (non-hydrogen) atoms. The summed E-state index contributed by atoms with van der Waals surface area (Å²) >= 11 is 0. The van der Waals surface area contributed by atoms with E-state index in [-0.39, 0.29) is 12.4 Å². The highest BCUT2D eigenvalue weighted by atomic mass is 16.5. The summed E-state index contributed by atoms with van der Waals surface area (Å²) in [6, 6.07) is 35.5. The lowest BCUT2D eigenvalue weighted by Gasteiger charge is -2.41. The monoisotopic (exact) mass is 547 g/mol. The van der Waals surface area contributed by atoms with Crippen LogP contribution < -0.4 is 0 Å². The molecule has 4 aromatic carbocycles. The summed E-state index contributed by atoms with van der Waals surface area (Å²) in [6.07, 6.45) is 1.63. The molecule has 6 aromatic rings. The Bertz CT molecular complexity index is 2070. The molecule has 2 aliphatic rings. The van der Waals surface area contributed by atoms with Gasteiger partial charge in [-0.05, 0) is 53.8 Å². The zero-order chi connectivity index (χ0) is 28.5. The topological polar surface area (TPSA) is 65.0 Å². The highest BCUT2D eigenvalue weighted by Gasteiger charge is 2.55. The molecule has 204 valence electrons. The van der Waals surface area contributed by atoms with Gasteiger partial charge in [0.2, 0.25) is 0 Å². The van der Waals surface area contributed by atoms with Crippen molar-refractivity contribution in [3.05, 3.63) is 126 Å². The van der Waals surface area contributed by atoms with Crippen molar-refractivity contribution in [1.29, 1.82) is 0 Å². The maximum Gasteiger partial charge on any atom is 0.306 e. The van der Waals surface area contributed by atoms with E-state index < -0.39 is 10.8 Å². The molecule has 0 saturated carbocycles. The molecule has 5 heteroatoms. The normalized spacial score (nSPS) is 19.8. The molecule has 2 atom stereocenters. The van der Waals surface area contributed by atoms with E-state index in [1.807, 2.05) is 36.4 Å². The van der Waals surface area contributed by atoms with Crippen LogP contribution in [0, 0.1) is 0 Å². The van der Waals surface area contributed by atoms with Crippen LogP contribution in [0.5, 0.6) is 0 Å². The summed E-state index contributed by atoms with van der Waals surface area (Å²) in [4.78, 5) is 29.1. The number of rotatable bonds is 5. The Kier molecular flexibility index (Phi) is 5.36. The van der Waals surface area contributed by atoms with Crippen molar-refractivity contribution in [3.63, 3.8) is 0 Å². The Morgan fingerprint density at radius 1 is 0.667 bits per heavy atom. The molecule has 5 nitrogen and oxygen atoms in total. The summed E-state index contributed by atoms with van der Waals surface area (Å²) in [5.41, 5.74) is 9.96. The summed E-state index contributed by atoms with van der Waals surface area (Å²) in [5, 5.41) is 1.06. The smallest absolute Gasteiger partial charge is 0.306 e. The lowest BCUT2D eigenvalue weighted by Crippen LogP contribution is -2.39. The average Bonchev–Trinajstić information content (AvgIpc) is 3.45. The summed E-state index contributed by atoms with van der Waals surface area (Å²) in [6.45, 7) is 2.23. The minimum Gasteiger partial charge on any atom is -0.469 e. The van der Waals surface area contributed by atoms with Crippen molar-refractivity contribution in [3.8, 4) is 22.5 Å². The van der Waals surface area contributed by atoms with Crippen LogP contribution in [0.1, 0.15) is 48.6 Å². The standard InChI is InChI=1S/C37H29N3O2/c1-3-36(26-15-7-6-14-25(26)34-35(36)40-31-19-11-10-18-30(31)39-34)22-37(21-32(41)42-2)27-16-8-5-13-24(27)33-28(37)20-23-12-4-9-17-29(23)38-33/h4-20H,3,21-22H2,1-2H3. The molecule has 0 aliphatic heterocycles. The van der Waals surface area contributed by atoms with E-state index in [0.29, 0.717) is 6.42 Å². The highest BCUT2D eigenvalue weighted by molar-refractivity contribution is 5.91. The van der Waals surface area contributed by atoms with Gasteiger partial charge in [-0.15, -0.1) is 0 Å². The van der Waals surface area contributed by atoms with Gasteiger partial charge in [0, 0.05) is 27.3 Å². The fourth-order valence-electron chi connectivity index (χ4n) is 7.63. The largest absolute Gasteiger partial charge is 0.469 e. The molecule has 0 N–H and O–H groups in total. The third-order valence-electron chi connectivity index (χ3n) is 9.54. The number of nitrogens with zero attached hydrogens (tertiary/aromatic N) is 3. The minimum atomic E-state index is -0.686. The van der Waals surface area contributed by atoms with Crippen LogP contribution in [-0.4, -0.2) is 28.0 Å². The van der Waals surface area contributed by atoms with Crippen LogP contribution in [-0.2, 0) is 20.4 Å². The molecule has 2 heterocycles. The molecule has 0 amide bonds. The van der Waals surface area contributed by atoms with Crippen LogP contribution in [0.15, 0.2) is 103 Å². The number of methoxy groups -OCH3 is 1. The van der Waals surface area contributed by atoms with E-state index >= 15 is 0 Å². The van der Waals surface area contributed by atoms with Gasteiger partial charge in [-0.2, -0.15) is 0 Å². The van der Waals surface area contributed by atoms with Crippen molar-refractivity contribution in [2.24, 2.45) is 0 Å². The molecule has 0 bridgehead atoms. The lowest BCUT2D eigenvalue weighted by atomic mass is 9.61. The van der Waals surface area contributed by atoms with Crippen molar-refractivity contribution >= 4 is 27.9 Å². The Labute approximate surface area is 244 Å². The van der Waals surface area contributed by atoms with Gasteiger partial charge >= 0.3 is 5.97 Å². The molecular formula is C37H29N3O2. The van der Waals surface area contributed by atoms with Gasteiger partial charge in [0.05, 0.1) is 47.2 Å². The van der Waals surface area contributed by atoms with Gasteiger partial charge in [0.1, 0.15) is 0 Å². The quantitative estimate of drug-likeness (QED) is 0.206. The second-order valence-electron chi connectivity index (χ2n) is 11.5. The Morgan fingerprint density at radius 2 is 1.24 bits per heavy atom. The summed E-state index contributed by atoms with van der Waals surface area (Å²) < 4.78 is 5.40. The van der Waals surface area contributed by atoms with Gasteiger partial charge in [-0.25, -0.2) is 15.0 Å². The highest BCUT2D eigenvalue weighted by Crippen LogP contribution is 2.61. The number of hydrogen-bond donors (Lipinski definition) is 0. The van der Waals surface area contributed by atoms with E-state index in [9.17, 15) is 4.79 Å². The number of carbonyl (C=O) groups is 1. The number of hydrogen-bond acceptors (Lipinski definition) is 5. The third kappa shape index (κ3) is 3.31. The van der Waals surface area contributed by atoms with E-state index in [4.69, 9.17) is 19.7 Å². The summed E-state index contributed by atoms with van der Waals surface area (Å²) in [7, 11) is 1.48. The predicted octanol–water partition coefficient (Wildman–Crippen LogP) is 7.77. The van der Waals surface area contributed by atoms with Crippen molar-refractivity contribution in [1.82, 2.24) is 15.0 Å². The van der Waals surface area contributed by atoms with Crippen LogP contribution in [0.3, 0.4) is 0 Å². The SMILES string of the molecule is CCC1(CC2(CC(=O)OC)c3ccccc3-c3nc4ccccc4cc32)c2ccccc2-c2nc3ccccc3nc21. The van der Waals surface area contributed by atoms with Crippen molar-refractivity contribution in [2.75, 3.05) is 7.11 Å². The van der Waals surface area contributed by atoms with Crippen LogP contribution >= 0.6 is 0 Å². The predicted molar refractivity (Wildman–Crippen MR) is 165 cm³/mol. The van der Waals surface area contributed by atoms with Gasteiger partial charge in [-0.1, -0.05) is 85.8 Å². The zero-order valence-electron chi connectivity index (χ0n) is 23.6. The zero-order valence-corrected chi connectivity index (χ0v) is 23.6. The number of pyridine rings is 1. The number of benzene rings is 4. The van der Waals surface area contributed by atoms with Crippen LogP contribution in [0.25, 0.3) is 44.5 Å². The average molecular weight is 548 g/mol. The molecule has 0 saturated heterocycles. The molecular weight excluding hydrogens is 518 g/mol. The first-order valence-corrected chi connectivity index (χ1v) is 14.5. The van der Waals surface area contributed by atoms with Gasteiger partial charge in [0.15, 0.2) is 0 Å². The van der Waals surface area contributed by atoms with Crippen molar-refractivity contribution in [2.45, 2.75) is 37.0 Å². The van der Waals surface area contributed by atoms with Crippen molar-refractivity contribution < 1.29 is 9.53 Å². The third-order valence-corrected chi connectivity index (χ3v) is 9.54. The van der Waals surface area contributed by atoms with Gasteiger partial charge in [-0.3, -0.25) is 4.79 Å². The molecule has 2 unspecified atom stereocenters. The second-order valence-corrected chi connectivity index (χ2v) is 11.5. The molecule has 0 radical (unpaired) electrons. The first-order valence-electron chi connectivity index (χ1n) is 14.5. The fourth-order valence-corrected chi connectivity index (χ4v) is 7.63. The van der Waals surface area contributed by atoms with Crippen LogP contribution in [0.4, 0.5) is 0 Å². The van der Waals surface area contributed by atoms with Crippen LogP contribution in [0.2, 0.25) is 0 Å². The number of aromatic nitrogens is 3. The molecule has 2 aliphatic carbocycles. The number of para-hydroxylation sites is 3. The maximum absolute atomic E-state index is 13.4. The van der Waals surface area contributed by atoms with E-state index in [1.54, 1.807) is 0 Å². The Morgan fingerprint density at radius 3 is 1.95 bits per heavy atom. The Balaban J connectivity index is 1.45. The second kappa shape index (κ2) is 9.05.